The molecular weight excluding hydrogens is 423 g/mol. The molecule has 0 saturated carbocycles. The molecule has 0 amide bonds. The molecule has 0 spiro atoms. The predicted molar refractivity (Wildman–Crippen MR) is 85.2 cm³/mol. The highest BCUT2D eigenvalue weighted by Gasteiger charge is 2.31. The van der Waals surface area contributed by atoms with Gasteiger partial charge in [0.25, 0.3) is 6.25 Å². The molecule has 1 rings (SSSR count). The lowest BCUT2D eigenvalue weighted by atomic mass is 10.7. The third kappa shape index (κ3) is 5.14. The molecule has 0 aromatic carbocycles. The Hall–Kier alpha value is 1.18. The van der Waals surface area contributed by atoms with Gasteiger partial charge in [-0.25, -0.2) is 14.2 Å². The Kier molecular flexibility index (Phi) is 6.26. The maximum atomic E-state index is 12.0. The molecule has 5 nitrogen and oxygen atoms in total. The Morgan fingerprint density at radius 1 is 0.895 bits per heavy atom. The first-order valence-electron chi connectivity index (χ1n) is 4.43. The topological polar surface area (TPSA) is 48.9 Å². The van der Waals surface area contributed by atoms with Crippen molar-refractivity contribution in [2.45, 2.75) is 19.7 Å². The summed E-state index contributed by atoms with van der Waals surface area (Å²) in [5.41, 5.74) is -1.38. The number of halogens is 6. The van der Waals surface area contributed by atoms with Crippen LogP contribution < -0.4 is 11.4 Å². The van der Waals surface area contributed by atoms with E-state index in [2.05, 4.69) is 0 Å². The fraction of sp³-hybridized carbons (Fsp3) is 0.667. The molecule has 0 N–H and O–H groups in total. The smallest absolute Gasteiger partial charge is 0.245 e. The molecule has 1 aromatic heterocycles. The second-order valence-corrected chi connectivity index (χ2v) is 11.1. The van der Waals surface area contributed by atoms with Gasteiger partial charge in [-0.15, -0.1) is 0 Å². The van der Waals surface area contributed by atoms with Crippen LogP contribution >= 0.6 is 93.5 Å². The van der Waals surface area contributed by atoms with Gasteiger partial charge in [-0.3, -0.25) is 0 Å². The van der Waals surface area contributed by atoms with Crippen molar-refractivity contribution < 1.29 is 0 Å². The minimum atomic E-state index is -1.86. The third-order valence-electron chi connectivity index (χ3n) is 1.65. The number of hydrogen-bond donors (Lipinski definition) is 0. The van der Waals surface area contributed by atoms with Crippen LogP contribution in [0, 0.1) is 0 Å². The summed E-state index contributed by atoms with van der Waals surface area (Å²) in [5, 5.41) is 0. The Bertz CT molecular complexity index is 520. The van der Waals surface area contributed by atoms with Gasteiger partial charge in [-0.05, 0) is 6.92 Å². The zero-order valence-electron chi connectivity index (χ0n) is 8.95. The van der Waals surface area contributed by atoms with Gasteiger partial charge in [0.2, 0.25) is 0 Å². The van der Waals surface area contributed by atoms with Crippen molar-refractivity contribution in [3.63, 3.8) is 0 Å². The van der Waals surface area contributed by atoms with Crippen LogP contribution in [-0.2, 0) is 6.54 Å². The van der Waals surface area contributed by atoms with E-state index in [4.69, 9.17) is 69.6 Å². The second kappa shape index (κ2) is 6.52. The fourth-order valence-corrected chi connectivity index (χ4v) is 3.47. The van der Waals surface area contributed by atoms with Crippen LogP contribution in [-0.4, -0.2) is 19.0 Å². The van der Waals surface area contributed by atoms with Gasteiger partial charge in [0.05, 0.1) is 0 Å². The summed E-state index contributed by atoms with van der Waals surface area (Å²) in [7, 11) is 0. The van der Waals surface area contributed by atoms with E-state index >= 15 is 0 Å². The van der Waals surface area contributed by atoms with E-state index in [9.17, 15) is 9.59 Å². The largest absolute Gasteiger partial charge is 0.358 e. The molecular formula is C6H5Cl6N3O2S2. The first-order valence-corrected chi connectivity index (χ1v) is 8.25. The Morgan fingerprint density at radius 3 is 1.42 bits per heavy atom. The van der Waals surface area contributed by atoms with Crippen molar-refractivity contribution in [3.8, 4) is 0 Å². The van der Waals surface area contributed by atoms with Crippen molar-refractivity contribution in [1.29, 1.82) is 0 Å². The summed E-state index contributed by atoms with van der Waals surface area (Å²) in [4.78, 5) is 23.9. The molecule has 19 heavy (non-hydrogen) atoms. The van der Waals surface area contributed by atoms with Crippen LogP contribution in [0.5, 0.6) is 0 Å². The van der Waals surface area contributed by atoms with Crippen molar-refractivity contribution >= 4 is 93.5 Å². The number of hydrogen-bond acceptors (Lipinski definition) is 4. The van der Waals surface area contributed by atoms with Crippen molar-refractivity contribution in [2.24, 2.45) is 0 Å². The van der Waals surface area contributed by atoms with E-state index in [1.165, 1.54) is 0 Å². The Labute approximate surface area is 146 Å². The van der Waals surface area contributed by atoms with Crippen LogP contribution in [0.3, 0.4) is 0 Å². The summed E-state index contributed by atoms with van der Waals surface area (Å²) >= 11 is 34.5. The molecule has 0 bridgehead atoms. The lowest BCUT2D eigenvalue weighted by molar-refractivity contribution is 0.700. The summed E-state index contributed by atoms with van der Waals surface area (Å²) in [6, 6.07) is 0. The van der Waals surface area contributed by atoms with E-state index in [0.29, 0.717) is 23.9 Å². The van der Waals surface area contributed by atoms with E-state index < -0.39 is 17.6 Å². The molecule has 0 radical (unpaired) electrons. The average molecular weight is 428 g/mol. The molecule has 1 heterocycles. The molecule has 0 aliphatic rings. The van der Waals surface area contributed by atoms with Gasteiger partial charge in [-0.1, -0.05) is 69.6 Å². The third-order valence-corrected chi connectivity index (χ3v) is 4.39. The first kappa shape index (κ1) is 18.2. The van der Waals surface area contributed by atoms with Crippen molar-refractivity contribution in [2.75, 3.05) is 0 Å². The Balaban J connectivity index is 3.42. The molecule has 0 aliphatic heterocycles. The normalized spacial score (nSPS) is 13.0. The van der Waals surface area contributed by atoms with E-state index in [1.54, 1.807) is 6.92 Å². The lowest BCUT2D eigenvalue weighted by Gasteiger charge is -2.14. The fourth-order valence-electron chi connectivity index (χ4n) is 1.06. The highest BCUT2D eigenvalue weighted by atomic mass is 35.6. The molecule has 13 heteroatoms. The van der Waals surface area contributed by atoms with Crippen LogP contribution in [0.25, 0.3) is 0 Å². The number of alkyl halides is 6. The highest BCUT2D eigenvalue weighted by molar-refractivity contribution is 8.05. The summed E-state index contributed by atoms with van der Waals surface area (Å²) in [6.45, 7) is 1.74. The summed E-state index contributed by atoms with van der Waals surface area (Å²) < 4.78 is -1.15. The second-order valence-electron chi connectivity index (χ2n) is 2.93. The van der Waals surface area contributed by atoms with Crippen LogP contribution in [0.4, 0.5) is 0 Å². The van der Waals surface area contributed by atoms with Gasteiger partial charge in [0.15, 0.2) is 0 Å². The maximum Gasteiger partial charge on any atom is 0.358 e. The van der Waals surface area contributed by atoms with Gasteiger partial charge in [-0.2, -0.15) is 8.17 Å². The van der Waals surface area contributed by atoms with Gasteiger partial charge in [0, 0.05) is 30.4 Å². The summed E-state index contributed by atoms with van der Waals surface area (Å²) in [5.74, 6) is 0. The zero-order valence-corrected chi connectivity index (χ0v) is 15.1. The lowest BCUT2D eigenvalue weighted by Crippen LogP contribution is -2.27. The van der Waals surface area contributed by atoms with E-state index in [1.807, 2.05) is 0 Å². The van der Waals surface area contributed by atoms with Crippen molar-refractivity contribution in [1.82, 2.24) is 12.7 Å². The van der Waals surface area contributed by atoms with Crippen molar-refractivity contribution in [3.05, 3.63) is 21.0 Å². The minimum Gasteiger partial charge on any atom is -0.245 e. The summed E-state index contributed by atoms with van der Waals surface area (Å²) in [6.07, 6.45) is 0. The highest BCUT2D eigenvalue weighted by Crippen LogP contribution is 2.42. The molecule has 0 fully saturated rings. The average Bonchev–Trinajstić information content (AvgIpc) is 2.38. The number of rotatable bonds is 3. The predicted octanol–water partition coefficient (Wildman–Crippen LogP) is 3.48. The molecule has 0 atom stereocenters. The monoisotopic (exact) mass is 425 g/mol. The SMILES string of the molecule is CCn1c(=O)n(SC(Cl)(Cl)Cl)n(SC(Cl)(Cl)Cl)c1=O. The molecule has 110 valence electrons. The number of nitrogens with zero attached hydrogens (tertiary/aromatic N) is 3. The van der Waals surface area contributed by atoms with Crippen LogP contribution in [0.2, 0.25) is 0 Å². The quantitative estimate of drug-likeness (QED) is 0.693. The molecule has 0 saturated heterocycles. The van der Waals surface area contributed by atoms with Gasteiger partial charge >= 0.3 is 11.4 Å². The Morgan fingerprint density at radius 2 is 1.21 bits per heavy atom. The van der Waals surface area contributed by atoms with Gasteiger partial charge < -0.3 is 0 Å². The van der Waals surface area contributed by atoms with E-state index in [0.717, 1.165) is 12.7 Å². The molecule has 0 unspecified atom stereocenters. The standard InChI is InChI=1S/C6H5Cl6N3O2S2/c1-2-13-3(16)14(18-5(7,8)9)15(4(13)17)19-6(10,11)12/h2H2,1H3. The van der Waals surface area contributed by atoms with E-state index in [-0.39, 0.29) is 6.54 Å². The maximum absolute atomic E-state index is 12.0. The number of aromatic nitrogens is 3. The van der Waals surface area contributed by atoms with Gasteiger partial charge in [0.1, 0.15) is 0 Å². The first-order chi connectivity index (χ1) is 8.46. The van der Waals surface area contributed by atoms with Crippen LogP contribution in [0.1, 0.15) is 6.92 Å². The molecule has 1 aromatic rings. The van der Waals surface area contributed by atoms with Crippen LogP contribution in [0.15, 0.2) is 9.59 Å². The minimum absolute atomic E-state index is 0.130. The zero-order chi connectivity index (χ0) is 15.0. The molecule has 0 aliphatic carbocycles.